The van der Waals surface area contributed by atoms with Crippen LogP contribution in [0.2, 0.25) is 0 Å². The maximum Gasteiger partial charge on any atom is 0.220 e. The van der Waals surface area contributed by atoms with Crippen molar-refractivity contribution in [3.05, 3.63) is 65.7 Å². The van der Waals surface area contributed by atoms with Gasteiger partial charge >= 0.3 is 0 Å². The summed E-state index contributed by atoms with van der Waals surface area (Å²) in [6.07, 6.45) is 0.899. The lowest BCUT2D eigenvalue weighted by atomic mass is 10.1. The number of para-hydroxylation sites is 2. The number of carbonyl (C=O) groups is 1. The van der Waals surface area contributed by atoms with Gasteiger partial charge in [-0.2, -0.15) is 0 Å². The second-order valence-corrected chi connectivity index (χ2v) is 6.54. The van der Waals surface area contributed by atoms with Crippen LogP contribution >= 0.6 is 0 Å². The molecule has 0 radical (unpaired) electrons. The Kier molecular flexibility index (Phi) is 5.63. The normalized spacial score (nSPS) is 12.5. The predicted octanol–water partition coefficient (Wildman–Crippen LogP) is 3.05. The summed E-state index contributed by atoms with van der Waals surface area (Å²) >= 11 is 0. The van der Waals surface area contributed by atoms with Gasteiger partial charge in [-0.3, -0.25) is 4.79 Å². The van der Waals surface area contributed by atoms with E-state index in [0.717, 1.165) is 22.4 Å². The van der Waals surface area contributed by atoms with Crippen molar-refractivity contribution in [3.63, 3.8) is 0 Å². The number of aromatic amines is 1. The topological polar surface area (TPSA) is 61.0 Å². The Morgan fingerprint density at radius 3 is 2.77 bits per heavy atom. The van der Waals surface area contributed by atoms with Gasteiger partial charge in [0.2, 0.25) is 5.91 Å². The van der Waals surface area contributed by atoms with Crippen molar-refractivity contribution in [2.24, 2.45) is 0 Å². The van der Waals surface area contributed by atoms with Gasteiger partial charge in [-0.25, -0.2) is 9.37 Å². The van der Waals surface area contributed by atoms with Crippen molar-refractivity contribution in [3.8, 4) is 0 Å². The molecule has 6 heteroatoms. The van der Waals surface area contributed by atoms with Gasteiger partial charge in [0.05, 0.1) is 17.1 Å². The summed E-state index contributed by atoms with van der Waals surface area (Å²) in [4.78, 5) is 21.9. The number of H-pyrrole nitrogens is 1. The first-order chi connectivity index (χ1) is 12.5. The Labute approximate surface area is 152 Å². The van der Waals surface area contributed by atoms with Crippen LogP contribution in [0.1, 0.15) is 23.9 Å². The van der Waals surface area contributed by atoms with Crippen molar-refractivity contribution in [1.82, 2.24) is 20.2 Å². The number of aromatic nitrogens is 2. The van der Waals surface area contributed by atoms with Crippen LogP contribution < -0.4 is 5.32 Å². The van der Waals surface area contributed by atoms with Gasteiger partial charge in [0.15, 0.2) is 0 Å². The smallest absolute Gasteiger partial charge is 0.220 e. The standard InChI is InChI=1S/C20H23FN4O/c1-25(2)18(14-6-5-7-15(21)12-14)13-22-20(26)11-10-19-23-16-8-3-4-9-17(16)24-19/h3-9,12,18H,10-11,13H2,1-2H3,(H,22,26)(H,23,24). The zero-order chi connectivity index (χ0) is 18.5. The van der Waals surface area contributed by atoms with E-state index in [2.05, 4.69) is 15.3 Å². The van der Waals surface area contributed by atoms with Gasteiger partial charge in [-0.1, -0.05) is 24.3 Å². The number of hydrogen-bond acceptors (Lipinski definition) is 3. The third-order valence-corrected chi connectivity index (χ3v) is 4.38. The van der Waals surface area contributed by atoms with Gasteiger partial charge in [-0.15, -0.1) is 0 Å². The van der Waals surface area contributed by atoms with E-state index in [4.69, 9.17) is 0 Å². The second-order valence-electron chi connectivity index (χ2n) is 6.54. The summed E-state index contributed by atoms with van der Waals surface area (Å²) in [6.45, 7) is 0.426. The number of fused-ring (bicyclic) bond motifs is 1. The average Bonchev–Trinajstić information content (AvgIpc) is 3.03. The van der Waals surface area contributed by atoms with Crippen molar-refractivity contribution < 1.29 is 9.18 Å². The highest BCUT2D eigenvalue weighted by Crippen LogP contribution is 2.18. The molecule has 0 aliphatic carbocycles. The fourth-order valence-corrected chi connectivity index (χ4v) is 2.97. The van der Waals surface area contributed by atoms with Crippen molar-refractivity contribution in [2.75, 3.05) is 20.6 Å². The largest absolute Gasteiger partial charge is 0.354 e. The Hall–Kier alpha value is -2.73. The molecule has 0 saturated heterocycles. The van der Waals surface area contributed by atoms with E-state index in [9.17, 15) is 9.18 Å². The summed E-state index contributed by atoms with van der Waals surface area (Å²) in [5.41, 5.74) is 2.72. The maximum atomic E-state index is 13.5. The second kappa shape index (κ2) is 8.10. The first-order valence-electron chi connectivity index (χ1n) is 8.65. The molecule has 0 spiro atoms. The molecule has 1 aromatic heterocycles. The number of likely N-dealkylation sites (N-methyl/N-ethyl adjacent to an activating group) is 1. The van der Waals surface area contributed by atoms with Crippen molar-refractivity contribution >= 4 is 16.9 Å². The molecule has 0 fully saturated rings. The van der Waals surface area contributed by atoms with Crippen LogP contribution in [0.25, 0.3) is 11.0 Å². The minimum atomic E-state index is -0.273. The van der Waals surface area contributed by atoms with Crippen LogP contribution in [0, 0.1) is 5.82 Å². The Morgan fingerprint density at radius 2 is 2.04 bits per heavy atom. The summed E-state index contributed by atoms with van der Waals surface area (Å²) in [6, 6.07) is 14.2. The molecule has 0 aliphatic rings. The number of carbonyl (C=O) groups excluding carboxylic acids is 1. The lowest BCUT2D eigenvalue weighted by Gasteiger charge is -2.25. The van der Waals surface area contributed by atoms with E-state index in [1.165, 1.54) is 12.1 Å². The van der Waals surface area contributed by atoms with Gasteiger partial charge in [0, 0.05) is 19.4 Å². The SMILES string of the molecule is CN(C)C(CNC(=O)CCc1nc2ccccc2[nH]1)c1cccc(F)c1. The molecule has 3 rings (SSSR count). The van der Waals surface area contributed by atoms with E-state index in [0.29, 0.717) is 19.4 Å². The molecule has 5 nitrogen and oxygen atoms in total. The van der Waals surface area contributed by atoms with Gasteiger partial charge in [0.1, 0.15) is 11.6 Å². The molecule has 0 saturated carbocycles. The molecule has 1 heterocycles. The number of aryl methyl sites for hydroxylation is 1. The third kappa shape index (κ3) is 4.46. The number of hydrogen-bond donors (Lipinski definition) is 2. The maximum absolute atomic E-state index is 13.5. The summed E-state index contributed by atoms with van der Waals surface area (Å²) in [5, 5.41) is 2.94. The van der Waals surface area contributed by atoms with E-state index in [1.807, 2.05) is 49.3 Å². The summed E-state index contributed by atoms with van der Waals surface area (Å²) in [5.74, 6) is 0.481. The number of amides is 1. The van der Waals surface area contributed by atoms with Crippen LogP contribution in [0.4, 0.5) is 4.39 Å². The number of nitrogens with one attached hydrogen (secondary N) is 2. The predicted molar refractivity (Wildman–Crippen MR) is 100 cm³/mol. The summed E-state index contributed by atoms with van der Waals surface area (Å²) in [7, 11) is 3.83. The molecule has 3 aromatic rings. The number of benzene rings is 2. The molecule has 0 aliphatic heterocycles. The minimum absolute atomic E-state index is 0.0475. The molecule has 2 aromatic carbocycles. The Balaban J connectivity index is 1.55. The van der Waals surface area contributed by atoms with Crippen molar-refractivity contribution in [1.29, 1.82) is 0 Å². The first kappa shape index (κ1) is 18.1. The van der Waals surface area contributed by atoms with Gasteiger partial charge in [0.25, 0.3) is 0 Å². The molecular weight excluding hydrogens is 331 g/mol. The highest BCUT2D eigenvalue weighted by atomic mass is 19.1. The number of nitrogens with zero attached hydrogens (tertiary/aromatic N) is 2. The van der Waals surface area contributed by atoms with E-state index < -0.39 is 0 Å². The number of halogens is 1. The van der Waals surface area contributed by atoms with Crippen LogP contribution in [0.3, 0.4) is 0 Å². The average molecular weight is 354 g/mol. The molecule has 26 heavy (non-hydrogen) atoms. The monoisotopic (exact) mass is 354 g/mol. The zero-order valence-corrected chi connectivity index (χ0v) is 15.0. The van der Waals surface area contributed by atoms with E-state index >= 15 is 0 Å². The molecule has 1 atom stereocenters. The molecule has 1 unspecified atom stereocenters. The van der Waals surface area contributed by atoms with Crippen LogP contribution in [0.15, 0.2) is 48.5 Å². The number of imidazole rings is 1. The fraction of sp³-hybridized carbons (Fsp3) is 0.300. The highest BCUT2D eigenvalue weighted by Gasteiger charge is 2.16. The van der Waals surface area contributed by atoms with Crippen molar-refractivity contribution in [2.45, 2.75) is 18.9 Å². The first-order valence-corrected chi connectivity index (χ1v) is 8.65. The minimum Gasteiger partial charge on any atom is -0.354 e. The lowest BCUT2D eigenvalue weighted by Crippen LogP contribution is -2.34. The quantitative estimate of drug-likeness (QED) is 0.686. The van der Waals surface area contributed by atoms with Crippen LogP contribution in [0.5, 0.6) is 0 Å². The Bertz CT molecular complexity index is 857. The van der Waals surface area contributed by atoms with E-state index in [1.54, 1.807) is 6.07 Å². The molecule has 0 bridgehead atoms. The van der Waals surface area contributed by atoms with E-state index in [-0.39, 0.29) is 17.8 Å². The molecule has 136 valence electrons. The lowest BCUT2D eigenvalue weighted by molar-refractivity contribution is -0.121. The Morgan fingerprint density at radius 1 is 1.23 bits per heavy atom. The fourth-order valence-electron chi connectivity index (χ4n) is 2.97. The molecule has 2 N–H and O–H groups in total. The van der Waals surface area contributed by atoms with Crippen LogP contribution in [-0.2, 0) is 11.2 Å². The van der Waals surface area contributed by atoms with Gasteiger partial charge in [-0.05, 0) is 43.9 Å². The summed E-state index contributed by atoms with van der Waals surface area (Å²) < 4.78 is 13.5. The van der Waals surface area contributed by atoms with Gasteiger partial charge < -0.3 is 15.2 Å². The molecular formula is C20H23FN4O. The highest BCUT2D eigenvalue weighted by molar-refractivity contribution is 5.77. The molecule has 1 amide bonds. The van der Waals surface area contributed by atoms with Crippen LogP contribution in [-0.4, -0.2) is 41.4 Å². The number of rotatable bonds is 7. The third-order valence-electron chi connectivity index (χ3n) is 4.38. The zero-order valence-electron chi connectivity index (χ0n) is 15.0.